The number of fused-ring (bicyclic) bond motifs is 3. The number of nitrogens with zero attached hydrogens (tertiary/aromatic N) is 3. The lowest BCUT2D eigenvalue weighted by Gasteiger charge is -2.15. The van der Waals surface area contributed by atoms with Gasteiger partial charge in [0, 0.05) is 28.8 Å². The number of anilines is 1. The van der Waals surface area contributed by atoms with Gasteiger partial charge in [-0.2, -0.15) is 0 Å². The Balaban J connectivity index is 1.45. The smallest absolute Gasteiger partial charge is 0.272 e. The average molecular weight is 499 g/mol. The first kappa shape index (κ1) is 22.4. The van der Waals surface area contributed by atoms with Crippen LogP contribution in [0.25, 0.3) is 20.4 Å². The molecule has 10 heteroatoms. The molecular weight excluding hydrogens is 476 g/mol. The quantitative estimate of drug-likeness (QED) is 0.293. The van der Waals surface area contributed by atoms with Crippen molar-refractivity contribution >= 4 is 66.9 Å². The summed E-state index contributed by atoms with van der Waals surface area (Å²) in [5.41, 5.74) is 1.30. The summed E-state index contributed by atoms with van der Waals surface area (Å²) in [6, 6.07) is 11.5. The molecule has 5 rings (SSSR count). The Bertz CT molecular complexity index is 1380. The number of thioether (sulfide) groups is 2. The molecule has 0 aliphatic carbocycles. The molecule has 1 aliphatic rings. The van der Waals surface area contributed by atoms with Crippen molar-refractivity contribution in [3.05, 3.63) is 52.9 Å². The van der Waals surface area contributed by atoms with Gasteiger partial charge in [0.2, 0.25) is 5.91 Å². The van der Waals surface area contributed by atoms with Crippen LogP contribution >= 0.6 is 34.9 Å². The molecule has 1 atom stereocenters. The zero-order valence-electron chi connectivity index (χ0n) is 17.9. The number of carbonyl (C=O) groups is 1. The van der Waals surface area contributed by atoms with Crippen LogP contribution in [-0.4, -0.2) is 45.2 Å². The van der Waals surface area contributed by atoms with Crippen molar-refractivity contribution in [3.8, 4) is 0 Å². The minimum Gasteiger partial charge on any atom is -0.376 e. The number of hydrogen-bond donors (Lipinski definition) is 1. The predicted molar refractivity (Wildman–Crippen MR) is 136 cm³/mol. The molecule has 1 N–H and O–H groups in total. The van der Waals surface area contributed by atoms with Crippen LogP contribution in [0.15, 0.2) is 57.4 Å². The Morgan fingerprint density at radius 3 is 3.06 bits per heavy atom. The molecule has 0 spiro atoms. The summed E-state index contributed by atoms with van der Waals surface area (Å²) in [7, 11) is 0. The standard InChI is InChI=1S/C23H22N4O3S3/c1-31-16-7-2-5-14(11-16)25-18(28)13-32-23-26-19-17-8-3-9-24-21(17)33-20(19)22(29)27(23)12-15-6-4-10-30-15/h2-3,5,7-9,11,15H,4,6,10,12-13H2,1H3,(H,25,28)/t15-/m1/s1. The third-order valence-corrected chi connectivity index (χ3v) is 8.21. The van der Waals surface area contributed by atoms with Gasteiger partial charge in [0.05, 0.1) is 23.9 Å². The summed E-state index contributed by atoms with van der Waals surface area (Å²) < 4.78 is 8.03. The van der Waals surface area contributed by atoms with Gasteiger partial charge >= 0.3 is 0 Å². The number of benzene rings is 1. The second-order valence-corrected chi connectivity index (χ2v) is 10.5. The van der Waals surface area contributed by atoms with Gasteiger partial charge in [0.25, 0.3) is 5.56 Å². The molecular formula is C23H22N4O3S3. The number of carbonyl (C=O) groups excluding carboxylic acids is 1. The summed E-state index contributed by atoms with van der Waals surface area (Å²) in [6.45, 7) is 1.14. The van der Waals surface area contributed by atoms with E-state index in [2.05, 4.69) is 10.3 Å². The van der Waals surface area contributed by atoms with E-state index in [9.17, 15) is 9.59 Å². The average Bonchev–Trinajstić information content (AvgIpc) is 3.48. The van der Waals surface area contributed by atoms with E-state index in [4.69, 9.17) is 9.72 Å². The van der Waals surface area contributed by atoms with Crippen LogP contribution in [0.2, 0.25) is 0 Å². The highest BCUT2D eigenvalue weighted by Crippen LogP contribution is 2.31. The molecule has 4 heterocycles. The Morgan fingerprint density at radius 2 is 2.24 bits per heavy atom. The molecule has 1 aromatic carbocycles. The first-order valence-electron chi connectivity index (χ1n) is 10.6. The Labute approximate surface area is 203 Å². The molecule has 170 valence electrons. The molecule has 0 bridgehead atoms. The van der Waals surface area contributed by atoms with E-state index in [1.165, 1.54) is 23.1 Å². The topological polar surface area (TPSA) is 86.1 Å². The third kappa shape index (κ3) is 4.79. The highest BCUT2D eigenvalue weighted by atomic mass is 32.2. The molecule has 3 aromatic heterocycles. The first-order chi connectivity index (χ1) is 16.1. The van der Waals surface area contributed by atoms with Crippen LogP contribution in [0.1, 0.15) is 12.8 Å². The van der Waals surface area contributed by atoms with Crippen LogP contribution in [0.4, 0.5) is 5.69 Å². The van der Waals surface area contributed by atoms with E-state index in [1.54, 1.807) is 22.5 Å². The minimum absolute atomic E-state index is 0.0167. The van der Waals surface area contributed by atoms with Crippen molar-refractivity contribution in [1.82, 2.24) is 14.5 Å². The number of hydrogen-bond acceptors (Lipinski definition) is 8. The van der Waals surface area contributed by atoms with Crippen LogP contribution in [-0.2, 0) is 16.1 Å². The highest BCUT2D eigenvalue weighted by molar-refractivity contribution is 7.99. The second-order valence-electron chi connectivity index (χ2n) is 7.65. The van der Waals surface area contributed by atoms with Crippen LogP contribution in [0.5, 0.6) is 0 Å². The zero-order chi connectivity index (χ0) is 22.8. The molecule has 0 unspecified atom stereocenters. The summed E-state index contributed by atoms with van der Waals surface area (Å²) in [6.07, 6.45) is 5.60. The largest absolute Gasteiger partial charge is 0.376 e. The van der Waals surface area contributed by atoms with E-state index in [-0.39, 0.29) is 23.3 Å². The predicted octanol–water partition coefficient (Wildman–Crippen LogP) is 4.64. The summed E-state index contributed by atoms with van der Waals surface area (Å²) >= 11 is 4.25. The molecule has 1 aliphatic heterocycles. The highest BCUT2D eigenvalue weighted by Gasteiger charge is 2.22. The maximum absolute atomic E-state index is 13.4. The SMILES string of the molecule is CSc1cccc(NC(=O)CSc2nc3c(sc4ncccc43)c(=O)n2C[C@H]2CCCO2)c1. The molecule has 0 radical (unpaired) electrons. The fourth-order valence-electron chi connectivity index (χ4n) is 3.83. The monoisotopic (exact) mass is 498 g/mol. The van der Waals surface area contributed by atoms with Gasteiger partial charge in [0.15, 0.2) is 5.16 Å². The fraction of sp³-hybridized carbons (Fsp3) is 0.304. The van der Waals surface area contributed by atoms with Crippen molar-refractivity contribution in [3.63, 3.8) is 0 Å². The summed E-state index contributed by atoms with van der Waals surface area (Å²) in [5, 5.41) is 4.32. The molecule has 1 amide bonds. The number of amides is 1. The minimum atomic E-state index is -0.145. The van der Waals surface area contributed by atoms with Crippen LogP contribution in [0, 0.1) is 0 Å². The van der Waals surface area contributed by atoms with Crippen molar-refractivity contribution in [1.29, 1.82) is 0 Å². The van der Waals surface area contributed by atoms with Crippen LogP contribution < -0.4 is 10.9 Å². The number of thiophene rings is 1. The first-order valence-corrected chi connectivity index (χ1v) is 13.6. The van der Waals surface area contributed by atoms with Gasteiger partial charge in [-0.3, -0.25) is 14.2 Å². The van der Waals surface area contributed by atoms with Crippen LogP contribution in [0.3, 0.4) is 0 Å². The molecule has 4 aromatic rings. The normalized spacial score (nSPS) is 16.0. The van der Waals surface area contributed by atoms with E-state index in [0.29, 0.717) is 28.5 Å². The number of nitrogens with one attached hydrogen (secondary N) is 1. The lowest BCUT2D eigenvalue weighted by molar-refractivity contribution is -0.113. The number of ether oxygens (including phenoxy) is 1. The Hall–Kier alpha value is -2.40. The molecule has 1 saturated heterocycles. The maximum Gasteiger partial charge on any atom is 0.272 e. The van der Waals surface area contributed by atoms with Crippen molar-refractivity contribution in [2.75, 3.05) is 23.9 Å². The molecule has 7 nitrogen and oxygen atoms in total. The summed E-state index contributed by atoms with van der Waals surface area (Å²) in [5.74, 6) is 0.000847. The van der Waals surface area contributed by atoms with E-state index >= 15 is 0 Å². The number of rotatable bonds is 7. The molecule has 33 heavy (non-hydrogen) atoms. The lowest BCUT2D eigenvalue weighted by Crippen LogP contribution is -2.28. The van der Waals surface area contributed by atoms with Gasteiger partial charge in [-0.05, 0) is 49.4 Å². The van der Waals surface area contributed by atoms with Gasteiger partial charge in [-0.1, -0.05) is 17.8 Å². The van der Waals surface area contributed by atoms with Gasteiger partial charge in [0.1, 0.15) is 9.53 Å². The van der Waals surface area contributed by atoms with Gasteiger partial charge < -0.3 is 10.1 Å². The second kappa shape index (κ2) is 9.84. The van der Waals surface area contributed by atoms with E-state index in [1.807, 2.05) is 42.7 Å². The Morgan fingerprint density at radius 1 is 1.33 bits per heavy atom. The van der Waals surface area contributed by atoms with Crippen molar-refractivity contribution < 1.29 is 9.53 Å². The number of pyridine rings is 1. The fourth-order valence-corrected chi connectivity index (χ4v) is 6.12. The maximum atomic E-state index is 13.4. The van der Waals surface area contributed by atoms with Crippen molar-refractivity contribution in [2.45, 2.75) is 35.5 Å². The Kier molecular flexibility index (Phi) is 6.68. The zero-order valence-corrected chi connectivity index (χ0v) is 20.4. The van der Waals surface area contributed by atoms with Gasteiger partial charge in [-0.25, -0.2) is 9.97 Å². The number of aromatic nitrogens is 3. The molecule has 0 saturated carbocycles. The van der Waals surface area contributed by atoms with E-state index in [0.717, 1.165) is 33.6 Å². The van der Waals surface area contributed by atoms with Crippen molar-refractivity contribution in [2.24, 2.45) is 0 Å². The van der Waals surface area contributed by atoms with E-state index < -0.39 is 0 Å². The van der Waals surface area contributed by atoms with Gasteiger partial charge in [-0.15, -0.1) is 23.1 Å². The molecule has 1 fully saturated rings. The third-order valence-electron chi connectivity index (χ3n) is 5.41. The summed E-state index contributed by atoms with van der Waals surface area (Å²) in [4.78, 5) is 37.2. The lowest BCUT2D eigenvalue weighted by atomic mass is 10.2.